The molecule has 0 unspecified atom stereocenters. The van der Waals surface area contributed by atoms with Crippen molar-refractivity contribution in [3.8, 4) is 5.75 Å². The molecule has 1 aliphatic carbocycles. The first-order valence-corrected chi connectivity index (χ1v) is 9.12. The number of hydrogen-bond acceptors (Lipinski definition) is 4. The summed E-state index contributed by atoms with van der Waals surface area (Å²) in [5, 5.41) is 9.82. The van der Waals surface area contributed by atoms with Gasteiger partial charge in [0.2, 0.25) is 5.91 Å². The third kappa shape index (κ3) is 4.51. The SMILES string of the molecule is O=C(COC1CCCCC1)N1CCN(C(=O)c2ccccc2O)CC1. The highest BCUT2D eigenvalue weighted by Crippen LogP contribution is 2.21. The van der Waals surface area contributed by atoms with E-state index in [2.05, 4.69) is 0 Å². The molecule has 2 amide bonds. The quantitative estimate of drug-likeness (QED) is 0.906. The lowest BCUT2D eigenvalue weighted by Crippen LogP contribution is -2.51. The molecule has 1 aromatic carbocycles. The molecule has 3 rings (SSSR count). The number of para-hydroxylation sites is 1. The topological polar surface area (TPSA) is 70.1 Å². The lowest BCUT2D eigenvalue weighted by atomic mass is 9.98. The predicted octanol–water partition coefficient (Wildman–Crippen LogP) is 2.03. The fourth-order valence-corrected chi connectivity index (χ4v) is 3.50. The fraction of sp³-hybridized carbons (Fsp3) is 0.579. The van der Waals surface area contributed by atoms with Gasteiger partial charge >= 0.3 is 0 Å². The number of carbonyl (C=O) groups excluding carboxylic acids is 2. The molecule has 1 saturated heterocycles. The van der Waals surface area contributed by atoms with Gasteiger partial charge in [-0.05, 0) is 25.0 Å². The summed E-state index contributed by atoms with van der Waals surface area (Å²) >= 11 is 0. The number of ether oxygens (including phenoxy) is 1. The molecule has 136 valence electrons. The van der Waals surface area contributed by atoms with E-state index in [1.165, 1.54) is 25.3 Å². The number of aromatic hydroxyl groups is 1. The normalized spacial score (nSPS) is 19.0. The average molecular weight is 346 g/mol. The minimum atomic E-state index is -0.191. The van der Waals surface area contributed by atoms with Crippen molar-refractivity contribution in [2.45, 2.75) is 38.2 Å². The monoisotopic (exact) mass is 346 g/mol. The van der Waals surface area contributed by atoms with E-state index in [-0.39, 0.29) is 30.3 Å². The van der Waals surface area contributed by atoms with E-state index >= 15 is 0 Å². The Morgan fingerprint density at radius 3 is 2.32 bits per heavy atom. The van der Waals surface area contributed by atoms with E-state index in [4.69, 9.17) is 4.74 Å². The summed E-state index contributed by atoms with van der Waals surface area (Å²) < 4.78 is 5.75. The molecule has 2 aliphatic rings. The van der Waals surface area contributed by atoms with Crippen LogP contribution < -0.4 is 0 Å². The van der Waals surface area contributed by atoms with E-state index in [0.29, 0.717) is 31.7 Å². The smallest absolute Gasteiger partial charge is 0.257 e. The molecular weight excluding hydrogens is 320 g/mol. The van der Waals surface area contributed by atoms with Gasteiger partial charge in [0, 0.05) is 26.2 Å². The van der Waals surface area contributed by atoms with E-state index in [9.17, 15) is 14.7 Å². The zero-order valence-corrected chi connectivity index (χ0v) is 14.5. The van der Waals surface area contributed by atoms with Crippen LogP contribution in [0, 0.1) is 0 Å². The summed E-state index contributed by atoms with van der Waals surface area (Å²) in [6.45, 7) is 2.10. The minimum Gasteiger partial charge on any atom is -0.507 e. The van der Waals surface area contributed by atoms with Crippen LogP contribution in [0.3, 0.4) is 0 Å². The van der Waals surface area contributed by atoms with Gasteiger partial charge in [-0.2, -0.15) is 0 Å². The zero-order chi connectivity index (χ0) is 17.6. The molecule has 0 spiro atoms. The number of amides is 2. The Bertz CT molecular complexity index is 605. The van der Waals surface area contributed by atoms with Crippen LogP contribution in [0.25, 0.3) is 0 Å². The maximum Gasteiger partial charge on any atom is 0.257 e. The Morgan fingerprint density at radius 1 is 1.00 bits per heavy atom. The van der Waals surface area contributed by atoms with Crippen molar-refractivity contribution in [2.24, 2.45) is 0 Å². The van der Waals surface area contributed by atoms with Gasteiger partial charge in [-0.15, -0.1) is 0 Å². The number of benzene rings is 1. The third-order valence-corrected chi connectivity index (χ3v) is 5.05. The van der Waals surface area contributed by atoms with Crippen molar-refractivity contribution in [3.63, 3.8) is 0 Å². The van der Waals surface area contributed by atoms with Crippen LogP contribution in [0.15, 0.2) is 24.3 Å². The first-order chi connectivity index (χ1) is 12.1. The van der Waals surface area contributed by atoms with Gasteiger partial charge in [0.05, 0.1) is 11.7 Å². The second kappa shape index (κ2) is 8.34. The molecule has 0 radical (unpaired) electrons. The summed E-state index contributed by atoms with van der Waals surface area (Å²) in [6, 6.07) is 6.55. The molecule has 25 heavy (non-hydrogen) atoms. The molecule has 1 saturated carbocycles. The molecule has 2 fully saturated rings. The fourth-order valence-electron chi connectivity index (χ4n) is 3.50. The Balaban J connectivity index is 1.45. The number of phenolic OH excluding ortho intramolecular Hbond substituents is 1. The standard InChI is InChI=1S/C19H26N2O4/c22-17-9-5-4-8-16(17)19(24)21-12-10-20(11-13-21)18(23)14-25-15-6-2-1-3-7-15/h4-5,8-9,15,22H,1-3,6-7,10-14H2. The molecule has 0 aromatic heterocycles. The van der Waals surface area contributed by atoms with Crippen LogP contribution in [-0.4, -0.2) is 65.6 Å². The number of carbonyl (C=O) groups is 2. The predicted molar refractivity (Wildman–Crippen MR) is 93.4 cm³/mol. The van der Waals surface area contributed by atoms with Crippen LogP contribution in [0.1, 0.15) is 42.5 Å². The van der Waals surface area contributed by atoms with E-state index in [1.54, 1.807) is 28.0 Å². The van der Waals surface area contributed by atoms with Crippen molar-refractivity contribution in [2.75, 3.05) is 32.8 Å². The van der Waals surface area contributed by atoms with Crippen LogP contribution in [0.5, 0.6) is 5.75 Å². The van der Waals surface area contributed by atoms with Gasteiger partial charge in [0.25, 0.3) is 5.91 Å². The number of hydrogen-bond donors (Lipinski definition) is 1. The van der Waals surface area contributed by atoms with Crippen LogP contribution in [-0.2, 0) is 9.53 Å². The molecule has 1 N–H and O–H groups in total. The maximum absolute atomic E-state index is 12.5. The van der Waals surface area contributed by atoms with Gasteiger partial charge < -0.3 is 19.6 Å². The van der Waals surface area contributed by atoms with Gasteiger partial charge in [-0.25, -0.2) is 0 Å². The third-order valence-electron chi connectivity index (χ3n) is 5.05. The molecule has 1 heterocycles. The Hall–Kier alpha value is -2.08. The van der Waals surface area contributed by atoms with E-state index in [1.807, 2.05) is 0 Å². The Labute approximate surface area is 148 Å². The second-order valence-electron chi connectivity index (χ2n) is 6.76. The van der Waals surface area contributed by atoms with E-state index < -0.39 is 0 Å². The van der Waals surface area contributed by atoms with Crippen LogP contribution in [0.4, 0.5) is 0 Å². The molecule has 6 heteroatoms. The summed E-state index contributed by atoms with van der Waals surface area (Å²) in [6.07, 6.45) is 5.96. The van der Waals surface area contributed by atoms with Gasteiger partial charge in [0.15, 0.2) is 0 Å². The highest BCUT2D eigenvalue weighted by molar-refractivity contribution is 5.97. The highest BCUT2D eigenvalue weighted by atomic mass is 16.5. The van der Waals surface area contributed by atoms with Crippen molar-refractivity contribution in [1.82, 2.24) is 9.80 Å². The molecular formula is C19H26N2O4. The summed E-state index contributed by atoms with van der Waals surface area (Å²) in [5.74, 6) is -0.198. The maximum atomic E-state index is 12.5. The number of nitrogens with zero attached hydrogens (tertiary/aromatic N) is 2. The van der Waals surface area contributed by atoms with E-state index in [0.717, 1.165) is 12.8 Å². The first-order valence-electron chi connectivity index (χ1n) is 9.12. The summed E-state index contributed by atoms with van der Waals surface area (Å²) in [7, 11) is 0. The van der Waals surface area contributed by atoms with Crippen molar-refractivity contribution in [3.05, 3.63) is 29.8 Å². The number of phenols is 1. The van der Waals surface area contributed by atoms with Crippen LogP contribution in [0.2, 0.25) is 0 Å². The summed E-state index contributed by atoms with van der Waals surface area (Å²) in [4.78, 5) is 28.2. The van der Waals surface area contributed by atoms with Crippen molar-refractivity contribution < 1.29 is 19.4 Å². The van der Waals surface area contributed by atoms with Gasteiger partial charge in [-0.1, -0.05) is 31.4 Å². The van der Waals surface area contributed by atoms with Crippen molar-refractivity contribution >= 4 is 11.8 Å². The van der Waals surface area contributed by atoms with Gasteiger partial charge in [-0.3, -0.25) is 9.59 Å². The Kier molecular flexibility index (Phi) is 5.91. The number of piperazine rings is 1. The van der Waals surface area contributed by atoms with Gasteiger partial charge in [0.1, 0.15) is 12.4 Å². The lowest BCUT2D eigenvalue weighted by Gasteiger charge is -2.35. The number of rotatable bonds is 4. The largest absolute Gasteiger partial charge is 0.507 e. The molecule has 1 aliphatic heterocycles. The molecule has 0 bridgehead atoms. The molecule has 0 atom stereocenters. The molecule has 1 aromatic rings. The zero-order valence-electron chi connectivity index (χ0n) is 14.5. The second-order valence-corrected chi connectivity index (χ2v) is 6.76. The molecule has 6 nitrogen and oxygen atoms in total. The minimum absolute atomic E-state index is 0.000214. The summed E-state index contributed by atoms with van der Waals surface area (Å²) in [5.41, 5.74) is 0.308. The van der Waals surface area contributed by atoms with Crippen LogP contribution >= 0.6 is 0 Å². The first kappa shape index (κ1) is 17.7. The Morgan fingerprint density at radius 2 is 1.64 bits per heavy atom. The van der Waals surface area contributed by atoms with Crippen molar-refractivity contribution in [1.29, 1.82) is 0 Å². The average Bonchev–Trinajstić information content (AvgIpc) is 2.67. The lowest BCUT2D eigenvalue weighted by molar-refractivity contribution is -0.140. The highest BCUT2D eigenvalue weighted by Gasteiger charge is 2.26.